The van der Waals surface area contributed by atoms with Crippen LogP contribution in [0.5, 0.6) is 23.0 Å². The van der Waals surface area contributed by atoms with Crippen LogP contribution in [0.4, 0.5) is 0 Å². The summed E-state index contributed by atoms with van der Waals surface area (Å²) in [5.41, 5.74) is 9.68. The lowest BCUT2D eigenvalue weighted by molar-refractivity contribution is 0.220. The maximum absolute atomic E-state index is 6.37. The van der Waals surface area contributed by atoms with Crippen LogP contribution in [0.15, 0.2) is 72.8 Å². The predicted molar refractivity (Wildman–Crippen MR) is 194 cm³/mol. The Hall–Kier alpha value is -4.00. The highest BCUT2D eigenvalue weighted by Crippen LogP contribution is 2.35. The molecule has 2 saturated heterocycles. The number of benzene rings is 4. The van der Waals surface area contributed by atoms with Gasteiger partial charge in [0.1, 0.15) is 13.2 Å². The molecule has 4 aromatic rings. The second-order valence-electron chi connectivity index (χ2n) is 13.4. The quantitative estimate of drug-likeness (QED) is 0.144. The molecule has 0 unspecified atom stereocenters. The van der Waals surface area contributed by atoms with Gasteiger partial charge in [0.25, 0.3) is 0 Å². The van der Waals surface area contributed by atoms with E-state index >= 15 is 0 Å². The van der Waals surface area contributed by atoms with Crippen molar-refractivity contribution < 1.29 is 18.9 Å². The normalized spacial score (nSPS) is 15.7. The zero-order chi connectivity index (χ0) is 33.3. The van der Waals surface area contributed by atoms with Crippen LogP contribution in [-0.2, 0) is 26.3 Å². The second kappa shape index (κ2) is 16.4. The molecule has 254 valence electrons. The first-order valence-electron chi connectivity index (χ1n) is 17.7. The van der Waals surface area contributed by atoms with Crippen LogP contribution in [-0.4, -0.2) is 50.2 Å². The molecule has 0 aliphatic carbocycles. The van der Waals surface area contributed by atoms with Crippen LogP contribution in [0.25, 0.3) is 11.1 Å². The Kier molecular flexibility index (Phi) is 11.6. The molecule has 2 heterocycles. The minimum Gasteiger partial charge on any atom is -0.493 e. The SMILES string of the molecule is COc1cc(CN2CCCCC2)ccc1OCc1cccc(-c2cccc(COc3ccc(CN4CCCCC4)cc3OC)c2C)c1C. The number of hydrogen-bond donors (Lipinski definition) is 0. The standard InChI is InChI=1S/C42H52N2O4/c1-31-35(29-47-39-19-17-33(25-41(39)45-3)27-43-21-7-5-8-22-43)13-11-15-37(31)38-16-12-14-36(32(38)2)30-48-40-20-18-34(26-42(40)46-4)28-44-23-9-6-10-24-44/h11-20,25-26H,5-10,21-24,27-30H2,1-4H3. The fraction of sp³-hybridized carbons (Fsp3) is 0.429. The predicted octanol–water partition coefficient (Wildman–Crippen LogP) is 9.12. The second-order valence-corrected chi connectivity index (χ2v) is 13.4. The smallest absolute Gasteiger partial charge is 0.161 e. The molecule has 2 aliphatic rings. The van der Waals surface area contributed by atoms with Crippen LogP contribution in [0.1, 0.15) is 71.9 Å². The Bertz CT molecular complexity index is 1530. The largest absolute Gasteiger partial charge is 0.493 e. The summed E-state index contributed by atoms with van der Waals surface area (Å²) in [5, 5.41) is 0. The highest BCUT2D eigenvalue weighted by Gasteiger charge is 2.16. The van der Waals surface area contributed by atoms with Gasteiger partial charge >= 0.3 is 0 Å². The van der Waals surface area contributed by atoms with Gasteiger partial charge in [-0.2, -0.15) is 0 Å². The molecule has 6 heteroatoms. The number of ether oxygens (including phenoxy) is 4. The van der Waals surface area contributed by atoms with Gasteiger partial charge in [0.2, 0.25) is 0 Å². The van der Waals surface area contributed by atoms with Gasteiger partial charge in [0, 0.05) is 13.1 Å². The molecule has 0 radical (unpaired) electrons. The average molecular weight is 649 g/mol. The van der Waals surface area contributed by atoms with E-state index in [0.29, 0.717) is 13.2 Å². The molecule has 0 bridgehead atoms. The first kappa shape index (κ1) is 33.9. The Morgan fingerprint density at radius 1 is 0.500 bits per heavy atom. The number of hydrogen-bond acceptors (Lipinski definition) is 6. The Balaban J connectivity index is 1.12. The number of methoxy groups -OCH3 is 2. The molecule has 0 spiro atoms. The van der Waals surface area contributed by atoms with Crippen molar-refractivity contribution in [2.45, 2.75) is 78.7 Å². The molecule has 0 saturated carbocycles. The summed E-state index contributed by atoms with van der Waals surface area (Å²) in [6.07, 6.45) is 7.84. The van der Waals surface area contributed by atoms with Gasteiger partial charge < -0.3 is 18.9 Å². The summed E-state index contributed by atoms with van der Waals surface area (Å²) in [4.78, 5) is 5.06. The van der Waals surface area contributed by atoms with Crippen molar-refractivity contribution >= 4 is 0 Å². The van der Waals surface area contributed by atoms with E-state index in [9.17, 15) is 0 Å². The maximum Gasteiger partial charge on any atom is 0.161 e. The van der Waals surface area contributed by atoms with Crippen molar-refractivity contribution in [3.05, 3.63) is 106 Å². The van der Waals surface area contributed by atoms with Crippen LogP contribution >= 0.6 is 0 Å². The van der Waals surface area contributed by atoms with E-state index in [4.69, 9.17) is 18.9 Å². The van der Waals surface area contributed by atoms with Crippen molar-refractivity contribution in [1.29, 1.82) is 0 Å². The first-order valence-corrected chi connectivity index (χ1v) is 17.7. The van der Waals surface area contributed by atoms with E-state index < -0.39 is 0 Å². The van der Waals surface area contributed by atoms with Gasteiger partial charge in [0.15, 0.2) is 23.0 Å². The molecule has 4 aromatic carbocycles. The Morgan fingerprint density at radius 3 is 1.31 bits per heavy atom. The molecule has 2 aliphatic heterocycles. The first-order chi connectivity index (χ1) is 23.5. The zero-order valence-electron chi connectivity index (χ0n) is 29.4. The van der Waals surface area contributed by atoms with E-state index in [1.807, 2.05) is 0 Å². The van der Waals surface area contributed by atoms with Crippen molar-refractivity contribution in [3.63, 3.8) is 0 Å². The Labute approximate surface area is 287 Å². The lowest BCUT2D eigenvalue weighted by Gasteiger charge is -2.26. The third-order valence-corrected chi connectivity index (χ3v) is 10.1. The molecular weight excluding hydrogens is 596 g/mol. The number of piperidine rings is 2. The fourth-order valence-corrected chi connectivity index (χ4v) is 7.18. The third kappa shape index (κ3) is 8.34. The minimum atomic E-state index is 0.469. The van der Waals surface area contributed by atoms with Gasteiger partial charge in [-0.3, -0.25) is 9.80 Å². The molecule has 2 fully saturated rings. The monoisotopic (exact) mass is 648 g/mol. The van der Waals surface area contributed by atoms with E-state index in [-0.39, 0.29) is 0 Å². The molecule has 6 rings (SSSR count). The van der Waals surface area contributed by atoms with Crippen LogP contribution in [0.3, 0.4) is 0 Å². The maximum atomic E-state index is 6.37. The lowest BCUT2D eigenvalue weighted by Crippen LogP contribution is -2.29. The van der Waals surface area contributed by atoms with Crippen molar-refractivity contribution in [1.82, 2.24) is 9.80 Å². The van der Waals surface area contributed by atoms with Crippen LogP contribution in [0.2, 0.25) is 0 Å². The molecule has 48 heavy (non-hydrogen) atoms. The molecule has 0 amide bonds. The lowest BCUT2D eigenvalue weighted by atomic mass is 9.92. The molecule has 0 atom stereocenters. The summed E-state index contributed by atoms with van der Waals surface area (Å²) < 4.78 is 24.3. The minimum absolute atomic E-state index is 0.469. The van der Waals surface area contributed by atoms with Crippen molar-refractivity contribution in [2.24, 2.45) is 0 Å². The summed E-state index contributed by atoms with van der Waals surface area (Å²) in [7, 11) is 3.44. The van der Waals surface area contributed by atoms with Crippen molar-refractivity contribution in [3.8, 4) is 34.1 Å². The van der Waals surface area contributed by atoms with E-state index in [1.54, 1.807) is 14.2 Å². The highest BCUT2D eigenvalue weighted by atomic mass is 16.5. The topological polar surface area (TPSA) is 43.4 Å². The van der Waals surface area contributed by atoms with Gasteiger partial charge in [0.05, 0.1) is 14.2 Å². The van der Waals surface area contributed by atoms with E-state index in [2.05, 4.69) is 96.4 Å². The summed E-state index contributed by atoms with van der Waals surface area (Å²) in [5.74, 6) is 3.12. The van der Waals surface area contributed by atoms with Crippen molar-refractivity contribution in [2.75, 3.05) is 40.4 Å². The van der Waals surface area contributed by atoms with E-state index in [1.165, 1.54) is 98.1 Å². The van der Waals surface area contributed by atoms with Gasteiger partial charge in [-0.1, -0.05) is 61.4 Å². The van der Waals surface area contributed by atoms with Gasteiger partial charge in [-0.15, -0.1) is 0 Å². The average Bonchev–Trinajstić information content (AvgIpc) is 3.12. The number of nitrogens with zero attached hydrogens (tertiary/aromatic N) is 2. The zero-order valence-corrected chi connectivity index (χ0v) is 29.4. The third-order valence-electron chi connectivity index (χ3n) is 10.1. The molecule has 0 aromatic heterocycles. The van der Waals surface area contributed by atoms with Gasteiger partial charge in [-0.25, -0.2) is 0 Å². The van der Waals surface area contributed by atoms with Gasteiger partial charge in [-0.05, 0) is 134 Å². The molecular formula is C42H52N2O4. The summed E-state index contributed by atoms with van der Waals surface area (Å²) >= 11 is 0. The Morgan fingerprint density at radius 2 is 0.917 bits per heavy atom. The molecule has 0 N–H and O–H groups in total. The number of rotatable bonds is 13. The summed E-state index contributed by atoms with van der Waals surface area (Å²) in [6, 6.07) is 25.7. The molecule has 6 nitrogen and oxygen atoms in total. The van der Waals surface area contributed by atoms with Crippen LogP contribution in [0, 0.1) is 13.8 Å². The summed E-state index contributed by atoms with van der Waals surface area (Å²) in [6.45, 7) is 11.9. The fourth-order valence-electron chi connectivity index (χ4n) is 7.18. The number of likely N-dealkylation sites (tertiary alicyclic amines) is 2. The van der Waals surface area contributed by atoms with E-state index in [0.717, 1.165) is 47.2 Å². The van der Waals surface area contributed by atoms with Crippen LogP contribution < -0.4 is 18.9 Å². The highest BCUT2D eigenvalue weighted by molar-refractivity contribution is 5.72.